The van der Waals surface area contributed by atoms with Crippen LogP contribution in [-0.4, -0.2) is 11.3 Å². The maximum Gasteiger partial charge on any atom is 0.416 e. The third kappa shape index (κ3) is 2.78. The van der Waals surface area contributed by atoms with Crippen LogP contribution >= 0.6 is 0 Å². The van der Waals surface area contributed by atoms with Crippen LogP contribution in [0.25, 0.3) is 11.1 Å². The molecule has 0 bridgehead atoms. The molecule has 0 saturated heterocycles. The molecule has 0 spiro atoms. The molecule has 0 aliphatic carbocycles. The van der Waals surface area contributed by atoms with Crippen LogP contribution in [0.15, 0.2) is 36.5 Å². The summed E-state index contributed by atoms with van der Waals surface area (Å²) in [5.41, 5.74) is -0.385. The molecule has 98 valence electrons. The van der Waals surface area contributed by atoms with Crippen LogP contribution in [0, 0.1) is 5.95 Å². The van der Waals surface area contributed by atoms with Crippen molar-refractivity contribution in [3.8, 4) is 11.1 Å². The van der Waals surface area contributed by atoms with Gasteiger partial charge in [-0.2, -0.15) is 17.6 Å². The molecule has 0 atom stereocenters. The minimum Gasteiger partial charge on any atom is -0.298 e. The zero-order chi connectivity index (χ0) is 14.0. The lowest BCUT2D eigenvalue weighted by Crippen LogP contribution is -2.06. The van der Waals surface area contributed by atoms with Gasteiger partial charge < -0.3 is 0 Å². The van der Waals surface area contributed by atoms with Gasteiger partial charge in [0.2, 0.25) is 5.95 Å². The molecule has 2 nitrogen and oxygen atoms in total. The molecule has 2 rings (SSSR count). The summed E-state index contributed by atoms with van der Waals surface area (Å²) in [4.78, 5) is 14.3. The number of benzene rings is 1. The first kappa shape index (κ1) is 13.2. The van der Waals surface area contributed by atoms with E-state index in [1.165, 1.54) is 12.1 Å². The van der Waals surface area contributed by atoms with Crippen LogP contribution < -0.4 is 0 Å². The molecule has 0 aliphatic heterocycles. The minimum atomic E-state index is -4.52. The van der Waals surface area contributed by atoms with Gasteiger partial charge in [-0.05, 0) is 29.8 Å². The van der Waals surface area contributed by atoms with Crippen molar-refractivity contribution in [3.63, 3.8) is 0 Å². The summed E-state index contributed by atoms with van der Waals surface area (Å²) in [5.74, 6) is -0.705. The second-order valence-corrected chi connectivity index (χ2v) is 3.79. The summed E-state index contributed by atoms with van der Waals surface area (Å²) in [7, 11) is 0. The zero-order valence-electron chi connectivity index (χ0n) is 9.41. The van der Waals surface area contributed by atoms with Gasteiger partial charge in [0.05, 0.1) is 5.56 Å². The molecule has 2 aromatic rings. The van der Waals surface area contributed by atoms with Crippen molar-refractivity contribution in [2.75, 3.05) is 0 Å². The van der Waals surface area contributed by atoms with Gasteiger partial charge in [-0.25, -0.2) is 4.98 Å². The van der Waals surface area contributed by atoms with E-state index in [1.807, 2.05) is 0 Å². The summed E-state index contributed by atoms with van der Waals surface area (Å²) in [6, 6.07) is 5.21. The standard InChI is InChI=1S/C13H7F4NO/c14-12-4-1-8(6-18-12)11-3-2-10(13(15,16)17)5-9(11)7-19/h1-7H. The number of aldehydes is 1. The Kier molecular flexibility index (Phi) is 3.33. The zero-order valence-corrected chi connectivity index (χ0v) is 9.41. The minimum absolute atomic E-state index is 0.122. The number of aromatic nitrogens is 1. The molecule has 0 N–H and O–H groups in total. The summed E-state index contributed by atoms with van der Waals surface area (Å²) >= 11 is 0. The molecule has 1 heterocycles. The lowest BCUT2D eigenvalue weighted by molar-refractivity contribution is -0.137. The summed E-state index contributed by atoms with van der Waals surface area (Å²) in [6.45, 7) is 0. The number of nitrogens with zero attached hydrogens (tertiary/aromatic N) is 1. The van der Waals surface area contributed by atoms with Crippen molar-refractivity contribution in [3.05, 3.63) is 53.6 Å². The molecule has 0 unspecified atom stereocenters. The third-order valence-corrected chi connectivity index (χ3v) is 2.54. The molecular formula is C13H7F4NO. The van der Waals surface area contributed by atoms with Crippen molar-refractivity contribution in [2.24, 2.45) is 0 Å². The molecule has 0 amide bonds. The van der Waals surface area contributed by atoms with E-state index in [0.29, 0.717) is 11.8 Å². The van der Waals surface area contributed by atoms with Gasteiger partial charge >= 0.3 is 6.18 Å². The molecule has 0 aliphatic rings. The molecule has 6 heteroatoms. The molecule has 1 aromatic heterocycles. The second-order valence-electron chi connectivity index (χ2n) is 3.79. The summed E-state index contributed by atoms with van der Waals surface area (Å²) in [5, 5.41) is 0. The van der Waals surface area contributed by atoms with Gasteiger partial charge in [0.1, 0.15) is 0 Å². The number of pyridine rings is 1. The maximum atomic E-state index is 12.7. The average molecular weight is 269 g/mol. The second kappa shape index (κ2) is 4.79. The Morgan fingerprint density at radius 2 is 1.84 bits per heavy atom. The fraction of sp³-hybridized carbons (Fsp3) is 0.0769. The average Bonchev–Trinajstić information content (AvgIpc) is 2.38. The molecule has 0 saturated carbocycles. The van der Waals surface area contributed by atoms with Gasteiger partial charge in [-0.15, -0.1) is 0 Å². The number of halogens is 4. The Balaban J connectivity index is 2.53. The maximum absolute atomic E-state index is 12.7. The smallest absolute Gasteiger partial charge is 0.298 e. The van der Waals surface area contributed by atoms with E-state index < -0.39 is 17.7 Å². The Labute approximate surface area is 105 Å². The number of carbonyl (C=O) groups excluding carboxylic acids is 1. The molecule has 19 heavy (non-hydrogen) atoms. The number of alkyl halides is 3. The first-order valence-electron chi connectivity index (χ1n) is 5.20. The fourth-order valence-corrected chi connectivity index (χ4v) is 1.63. The highest BCUT2D eigenvalue weighted by molar-refractivity contribution is 5.87. The molecule has 0 fully saturated rings. The SMILES string of the molecule is O=Cc1cc(C(F)(F)F)ccc1-c1ccc(F)nc1. The molecule has 0 radical (unpaired) electrons. The summed E-state index contributed by atoms with van der Waals surface area (Å²) < 4.78 is 50.2. The van der Waals surface area contributed by atoms with E-state index in [2.05, 4.69) is 4.98 Å². The van der Waals surface area contributed by atoms with Crippen LogP contribution in [0.5, 0.6) is 0 Å². The van der Waals surface area contributed by atoms with Gasteiger partial charge in [-0.3, -0.25) is 4.79 Å². The normalized spacial score (nSPS) is 11.4. The third-order valence-electron chi connectivity index (χ3n) is 2.54. The highest BCUT2D eigenvalue weighted by Crippen LogP contribution is 2.32. The van der Waals surface area contributed by atoms with E-state index in [0.717, 1.165) is 24.4 Å². The fourth-order valence-electron chi connectivity index (χ4n) is 1.63. The number of rotatable bonds is 2. The lowest BCUT2D eigenvalue weighted by Gasteiger charge is -2.10. The van der Waals surface area contributed by atoms with Crippen molar-refractivity contribution in [2.45, 2.75) is 6.18 Å². The van der Waals surface area contributed by atoms with Crippen LogP contribution in [-0.2, 0) is 6.18 Å². The monoisotopic (exact) mass is 269 g/mol. The van der Waals surface area contributed by atoms with E-state index in [9.17, 15) is 22.4 Å². The quantitative estimate of drug-likeness (QED) is 0.472. The van der Waals surface area contributed by atoms with E-state index in [4.69, 9.17) is 0 Å². The van der Waals surface area contributed by atoms with Crippen molar-refractivity contribution in [1.82, 2.24) is 4.98 Å². The number of hydrogen-bond donors (Lipinski definition) is 0. The predicted octanol–water partition coefficient (Wildman–Crippen LogP) is 3.72. The topological polar surface area (TPSA) is 30.0 Å². The van der Waals surface area contributed by atoms with Crippen LogP contribution in [0.3, 0.4) is 0 Å². The van der Waals surface area contributed by atoms with E-state index in [-0.39, 0.29) is 11.1 Å². The van der Waals surface area contributed by atoms with Crippen molar-refractivity contribution >= 4 is 6.29 Å². The number of carbonyl (C=O) groups is 1. The Hall–Kier alpha value is -2.24. The van der Waals surface area contributed by atoms with Crippen LogP contribution in [0.2, 0.25) is 0 Å². The largest absolute Gasteiger partial charge is 0.416 e. The Morgan fingerprint density at radius 3 is 2.37 bits per heavy atom. The number of hydrogen-bond acceptors (Lipinski definition) is 2. The van der Waals surface area contributed by atoms with Gasteiger partial charge in [-0.1, -0.05) is 6.07 Å². The highest BCUT2D eigenvalue weighted by Gasteiger charge is 2.31. The van der Waals surface area contributed by atoms with E-state index >= 15 is 0 Å². The van der Waals surface area contributed by atoms with Crippen molar-refractivity contribution in [1.29, 1.82) is 0 Å². The summed E-state index contributed by atoms with van der Waals surface area (Å²) in [6.07, 6.45) is -3.03. The van der Waals surface area contributed by atoms with Gasteiger partial charge in [0.15, 0.2) is 6.29 Å². The van der Waals surface area contributed by atoms with Crippen LogP contribution in [0.4, 0.5) is 17.6 Å². The first-order chi connectivity index (χ1) is 8.91. The van der Waals surface area contributed by atoms with Crippen LogP contribution in [0.1, 0.15) is 15.9 Å². The Bertz CT molecular complexity index is 605. The lowest BCUT2D eigenvalue weighted by atomic mass is 9.99. The van der Waals surface area contributed by atoms with Gasteiger partial charge in [0, 0.05) is 17.3 Å². The highest BCUT2D eigenvalue weighted by atomic mass is 19.4. The van der Waals surface area contributed by atoms with Gasteiger partial charge in [0.25, 0.3) is 0 Å². The first-order valence-corrected chi connectivity index (χ1v) is 5.20. The molecular weight excluding hydrogens is 262 g/mol. The predicted molar refractivity (Wildman–Crippen MR) is 60.0 cm³/mol. The van der Waals surface area contributed by atoms with Crippen molar-refractivity contribution < 1.29 is 22.4 Å². The van der Waals surface area contributed by atoms with E-state index in [1.54, 1.807) is 0 Å². The molecule has 1 aromatic carbocycles. The Morgan fingerprint density at radius 1 is 1.11 bits per heavy atom.